The standard InChI is InChI=1S/C13H17BrN4/c1-3-6-16-12(10-4-7-15-8-5-10)13-11(14)9-17-18(13)2/h4-5,7-9,12,16H,3,6H2,1-2H3. The first-order valence-corrected chi connectivity index (χ1v) is 6.84. The van der Waals surface area contributed by atoms with E-state index in [1.807, 2.05) is 42.5 Å². The predicted molar refractivity (Wildman–Crippen MR) is 75.3 cm³/mol. The van der Waals surface area contributed by atoms with Gasteiger partial charge in [0.05, 0.1) is 22.4 Å². The molecule has 0 aliphatic rings. The molecule has 2 aromatic heterocycles. The summed E-state index contributed by atoms with van der Waals surface area (Å²) < 4.78 is 2.92. The third-order valence-electron chi connectivity index (χ3n) is 2.85. The van der Waals surface area contributed by atoms with Gasteiger partial charge in [-0.1, -0.05) is 6.92 Å². The molecule has 0 fully saturated rings. The van der Waals surface area contributed by atoms with Crippen LogP contribution in [0.1, 0.15) is 30.6 Å². The van der Waals surface area contributed by atoms with Gasteiger partial charge in [-0.2, -0.15) is 5.10 Å². The molecule has 0 radical (unpaired) electrons. The van der Waals surface area contributed by atoms with E-state index >= 15 is 0 Å². The number of hydrogen-bond acceptors (Lipinski definition) is 3. The van der Waals surface area contributed by atoms with E-state index < -0.39 is 0 Å². The Hall–Kier alpha value is -1.20. The molecule has 0 aliphatic carbocycles. The van der Waals surface area contributed by atoms with Crippen LogP contribution in [0.5, 0.6) is 0 Å². The maximum absolute atomic E-state index is 4.28. The number of hydrogen-bond donors (Lipinski definition) is 1. The van der Waals surface area contributed by atoms with Crippen molar-refractivity contribution in [1.29, 1.82) is 0 Å². The Kier molecular flexibility index (Phi) is 4.49. The molecule has 0 spiro atoms. The smallest absolute Gasteiger partial charge is 0.0760 e. The van der Waals surface area contributed by atoms with Crippen molar-refractivity contribution in [3.63, 3.8) is 0 Å². The molecule has 1 N–H and O–H groups in total. The monoisotopic (exact) mass is 308 g/mol. The number of aryl methyl sites for hydroxylation is 1. The fourth-order valence-corrected chi connectivity index (χ4v) is 2.54. The largest absolute Gasteiger partial charge is 0.305 e. The molecule has 4 nitrogen and oxygen atoms in total. The Labute approximate surface area is 116 Å². The number of pyridine rings is 1. The lowest BCUT2D eigenvalue weighted by atomic mass is 10.1. The van der Waals surface area contributed by atoms with Crippen LogP contribution in [0.4, 0.5) is 0 Å². The fourth-order valence-electron chi connectivity index (χ4n) is 1.96. The maximum Gasteiger partial charge on any atom is 0.0760 e. The molecule has 0 bridgehead atoms. The zero-order valence-corrected chi connectivity index (χ0v) is 12.2. The van der Waals surface area contributed by atoms with Crippen LogP contribution in [0, 0.1) is 0 Å². The van der Waals surface area contributed by atoms with E-state index in [9.17, 15) is 0 Å². The van der Waals surface area contributed by atoms with Crippen LogP contribution in [-0.4, -0.2) is 21.3 Å². The van der Waals surface area contributed by atoms with Crippen molar-refractivity contribution in [1.82, 2.24) is 20.1 Å². The zero-order chi connectivity index (χ0) is 13.0. The maximum atomic E-state index is 4.28. The van der Waals surface area contributed by atoms with Gasteiger partial charge < -0.3 is 5.32 Å². The number of nitrogens with one attached hydrogen (secondary N) is 1. The highest BCUT2D eigenvalue weighted by molar-refractivity contribution is 9.10. The second-order valence-corrected chi connectivity index (χ2v) is 5.02. The van der Waals surface area contributed by atoms with Crippen molar-refractivity contribution in [3.05, 3.63) is 46.5 Å². The van der Waals surface area contributed by atoms with Crippen LogP contribution < -0.4 is 5.32 Å². The van der Waals surface area contributed by atoms with Crippen molar-refractivity contribution >= 4 is 15.9 Å². The highest BCUT2D eigenvalue weighted by Crippen LogP contribution is 2.27. The summed E-state index contributed by atoms with van der Waals surface area (Å²) in [7, 11) is 1.96. The lowest BCUT2D eigenvalue weighted by Gasteiger charge is -2.19. The molecule has 0 saturated heterocycles. The van der Waals surface area contributed by atoms with Gasteiger partial charge in [0.1, 0.15) is 0 Å². The molecule has 18 heavy (non-hydrogen) atoms. The van der Waals surface area contributed by atoms with Gasteiger partial charge in [-0.05, 0) is 46.6 Å². The number of rotatable bonds is 5. The molecule has 2 heterocycles. The lowest BCUT2D eigenvalue weighted by molar-refractivity contribution is 0.551. The molecule has 1 unspecified atom stereocenters. The van der Waals surface area contributed by atoms with Gasteiger partial charge in [0.2, 0.25) is 0 Å². The summed E-state index contributed by atoms with van der Waals surface area (Å²) in [5, 5.41) is 7.84. The van der Waals surface area contributed by atoms with Gasteiger partial charge in [0.25, 0.3) is 0 Å². The highest BCUT2D eigenvalue weighted by Gasteiger charge is 2.19. The second-order valence-electron chi connectivity index (χ2n) is 4.17. The van der Waals surface area contributed by atoms with Crippen LogP contribution in [0.2, 0.25) is 0 Å². The number of nitrogens with zero attached hydrogens (tertiary/aromatic N) is 3. The lowest BCUT2D eigenvalue weighted by Crippen LogP contribution is -2.25. The molecular weight excluding hydrogens is 292 g/mol. The number of halogens is 1. The van der Waals surface area contributed by atoms with E-state index in [0.29, 0.717) is 0 Å². The minimum Gasteiger partial charge on any atom is -0.305 e. The van der Waals surface area contributed by atoms with Crippen molar-refractivity contribution in [2.24, 2.45) is 7.05 Å². The summed E-state index contributed by atoms with van der Waals surface area (Å²) in [6, 6.07) is 4.20. The Morgan fingerprint density at radius 1 is 1.39 bits per heavy atom. The van der Waals surface area contributed by atoms with E-state index in [-0.39, 0.29) is 6.04 Å². The topological polar surface area (TPSA) is 42.7 Å². The quantitative estimate of drug-likeness (QED) is 0.923. The van der Waals surface area contributed by atoms with Crippen molar-refractivity contribution < 1.29 is 0 Å². The minimum absolute atomic E-state index is 0.134. The van der Waals surface area contributed by atoms with Gasteiger partial charge in [-0.25, -0.2) is 0 Å². The predicted octanol–water partition coefficient (Wildman–Crippen LogP) is 2.67. The Bertz CT molecular complexity index is 475. The van der Waals surface area contributed by atoms with Crippen molar-refractivity contribution in [2.75, 3.05) is 6.54 Å². The van der Waals surface area contributed by atoms with Crippen LogP contribution in [-0.2, 0) is 7.05 Å². The Morgan fingerprint density at radius 3 is 2.67 bits per heavy atom. The third-order valence-corrected chi connectivity index (χ3v) is 3.46. The SMILES string of the molecule is CCCNC(c1ccncc1)c1c(Br)cnn1C. The average Bonchev–Trinajstić information content (AvgIpc) is 2.72. The molecule has 0 saturated carbocycles. The molecule has 0 aromatic carbocycles. The molecule has 2 rings (SSSR count). The van der Waals surface area contributed by atoms with Gasteiger partial charge in [0.15, 0.2) is 0 Å². The summed E-state index contributed by atoms with van der Waals surface area (Å²) in [4.78, 5) is 4.07. The van der Waals surface area contributed by atoms with Gasteiger partial charge in [-0.15, -0.1) is 0 Å². The Morgan fingerprint density at radius 2 is 2.11 bits per heavy atom. The molecule has 1 atom stereocenters. The third kappa shape index (κ3) is 2.79. The van der Waals surface area contributed by atoms with Crippen LogP contribution in [0.15, 0.2) is 35.2 Å². The van der Waals surface area contributed by atoms with Crippen LogP contribution in [0.25, 0.3) is 0 Å². The summed E-state index contributed by atoms with van der Waals surface area (Å²) in [5.74, 6) is 0. The van der Waals surface area contributed by atoms with E-state index in [1.54, 1.807) is 0 Å². The highest BCUT2D eigenvalue weighted by atomic mass is 79.9. The van der Waals surface area contributed by atoms with Crippen LogP contribution >= 0.6 is 15.9 Å². The molecule has 0 amide bonds. The minimum atomic E-state index is 0.134. The summed E-state index contributed by atoms with van der Waals surface area (Å²) in [6.07, 6.45) is 6.56. The molecular formula is C13H17BrN4. The van der Waals surface area contributed by atoms with Gasteiger partial charge in [0, 0.05) is 19.4 Å². The van der Waals surface area contributed by atoms with Gasteiger partial charge in [-0.3, -0.25) is 9.67 Å². The van der Waals surface area contributed by atoms with E-state index in [0.717, 1.165) is 23.1 Å². The number of aromatic nitrogens is 3. The summed E-state index contributed by atoms with van der Waals surface area (Å²) in [5.41, 5.74) is 2.33. The van der Waals surface area contributed by atoms with E-state index in [1.165, 1.54) is 5.56 Å². The molecule has 0 aliphatic heterocycles. The molecule has 5 heteroatoms. The molecule has 96 valence electrons. The first-order chi connectivity index (χ1) is 8.74. The summed E-state index contributed by atoms with van der Waals surface area (Å²) >= 11 is 3.57. The zero-order valence-electron chi connectivity index (χ0n) is 10.6. The van der Waals surface area contributed by atoms with Gasteiger partial charge >= 0.3 is 0 Å². The van der Waals surface area contributed by atoms with Crippen molar-refractivity contribution in [2.45, 2.75) is 19.4 Å². The van der Waals surface area contributed by atoms with E-state index in [2.05, 4.69) is 38.3 Å². The Balaban J connectivity index is 2.37. The van der Waals surface area contributed by atoms with Crippen molar-refractivity contribution in [3.8, 4) is 0 Å². The second kappa shape index (κ2) is 6.11. The summed E-state index contributed by atoms with van der Waals surface area (Å²) in [6.45, 7) is 3.12. The fraction of sp³-hybridized carbons (Fsp3) is 0.385. The normalized spacial score (nSPS) is 12.6. The van der Waals surface area contributed by atoms with Crippen LogP contribution in [0.3, 0.4) is 0 Å². The first-order valence-electron chi connectivity index (χ1n) is 6.04. The molecule has 2 aromatic rings. The average molecular weight is 309 g/mol. The van der Waals surface area contributed by atoms with E-state index in [4.69, 9.17) is 0 Å². The first kappa shape index (κ1) is 13.2.